The highest BCUT2D eigenvalue weighted by atomic mass is 127. The van der Waals surface area contributed by atoms with Gasteiger partial charge in [0.05, 0.1) is 3.57 Å². The van der Waals surface area contributed by atoms with Crippen LogP contribution in [0.1, 0.15) is 19.2 Å². The molecule has 15 heavy (non-hydrogen) atoms. The molecule has 84 valence electrons. The molecule has 0 aromatic carbocycles. The maximum Gasteiger partial charge on any atom is 0.266 e. The van der Waals surface area contributed by atoms with E-state index in [0.717, 1.165) is 24.1 Å². The van der Waals surface area contributed by atoms with Gasteiger partial charge in [0.15, 0.2) is 0 Å². The average Bonchev–Trinajstić information content (AvgIpc) is 2.24. The maximum absolute atomic E-state index is 11.9. The smallest absolute Gasteiger partial charge is 0.266 e. The third kappa shape index (κ3) is 3.27. The van der Waals surface area contributed by atoms with Crippen LogP contribution in [0.25, 0.3) is 0 Å². The van der Waals surface area contributed by atoms with Crippen LogP contribution in [-0.2, 0) is 6.54 Å². The van der Waals surface area contributed by atoms with Gasteiger partial charge >= 0.3 is 0 Å². The van der Waals surface area contributed by atoms with Gasteiger partial charge in [-0.15, -0.1) is 0 Å². The Hall–Kier alpha value is 0.0900. The van der Waals surface area contributed by atoms with Crippen molar-refractivity contribution in [2.45, 2.75) is 26.8 Å². The molecular weight excluding hydrogens is 371 g/mol. The van der Waals surface area contributed by atoms with E-state index >= 15 is 0 Å². The summed E-state index contributed by atoms with van der Waals surface area (Å²) in [6.45, 7) is 4.75. The van der Waals surface area contributed by atoms with Crippen molar-refractivity contribution in [1.82, 2.24) is 9.55 Å². The van der Waals surface area contributed by atoms with Gasteiger partial charge < -0.3 is 0 Å². The quantitative estimate of drug-likeness (QED) is 0.590. The van der Waals surface area contributed by atoms with Crippen molar-refractivity contribution in [1.29, 1.82) is 0 Å². The van der Waals surface area contributed by atoms with E-state index in [2.05, 4.69) is 27.8 Å². The monoisotopic (exact) mass is 384 g/mol. The molecule has 0 saturated carbocycles. The number of hydrogen-bond acceptors (Lipinski definition) is 2. The summed E-state index contributed by atoms with van der Waals surface area (Å²) in [6, 6.07) is 0. The van der Waals surface area contributed by atoms with Gasteiger partial charge in [-0.3, -0.25) is 9.36 Å². The Kier molecular flexibility index (Phi) is 5.25. The number of aryl methyl sites for hydroxylation is 1. The molecule has 0 spiro atoms. The van der Waals surface area contributed by atoms with E-state index in [9.17, 15) is 4.79 Å². The number of hydrogen-bond donors (Lipinski definition) is 0. The summed E-state index contributed by atoms with van der Waals surface area (Å²) in [6.07, 6.45) is 2.69. The molecule has 1 heterocycles. The number of aromatic nitrogens is 2. The summed E-state index contributed by atoms with van der Waals surface area (Å²) >= 11 is 5.49. The Morgan fingerprint density at radius 2 is 2.33 bits per heavy atom. The second-order valence-corrected chi connectivity index (χ2v) is 5.31. The highest BCUT2D eigenvalue weighted by Crippen LogP contribution is 2.10. The minimum atomic E-state index is 0.0718. The highest BCUT2D eigenvalue weighted by Gasteiger charge is 2.10. The van der Waals surface area contributed by atoms with Crippen molar-refractivity contribution in [2.75, 3.05) is 5.33 Å². The summed E-state index contributed by atoms with van der Waals surface area (Å²) < 4.78 is 2.44. The standard InChI is InChI=1S/C10H14BrIN2O/c1-3-8(4-11)6-14-7(2)13-5-9(12)10(14)15/h5,8H,3-4,6H2,1-2H3. The number of alkyl halides is 1. The zero-order valence-corrected chi connectivity index (χ0v) is 12.6. The topological polar surface area (TPSA) is 34.9 Å². The first kappa shape index (κ1) is 13.2. The van der Waals surface area contributed by atoms with Crippen molar-refractivity contribution in [3.8, 4) is 0 Å². The Labute approximate surface area is 112 Å². The SMILES string of the molecule is CCC(CBr)Cn1c(C)ncc(I)c1=O. The van der Waals surface area contributed by atoms with E-state index in [1.54, 1.807) is 10.8 Å². The summed E-state index contributed by atoms with van der Waals surface area (Å²) in [4.78, 5) is 16.1. The lowest BCUT2D eigenvalue weighted by Crippen LogP contribution is -2.29. The van der Waals surface area contributed by atoms with Gasteiger partial charge in [0, 0.05) is 18.1 Å². The largest absolute Gasteiger partial charge is 0.296 e. The van der Waals surface area contributed by atoms with Crippen molar-refractivity contribution in [3.63, 3.8) is 0 Å². The molecule has 0 aliphatic rings. The van der Waals surface area contributed by atoms with E-state index in [-0.39, 0.29) is 5.56 Å². The van der Waals surface area contributed by atoms with Crippen LogP contribution in [0.5, 0.6) is 0 Å². The van der Waals surface area contributed by atoms with Gasteiger partial charge in [0.1, 0.15) is 5.82 Å². The molecule has 1 aromatic rings. The number of nitrogens with zero attached hydrogens (tertiary/aromatic N) is 2. The van der Waals surface area contributed by atoms with Crippen LogP contribution in [0.2, 0.25) is 0 Å². The normalized spacial score (nSPS) is 12.8. The van der Waals surface area contributed by atoms with Crippen LogP contribution in [0.4, 0.5) is 0 Å². The Balaban J connectivity index is 3.03. The summed E-state index contributed by atoms with van der Waals surface area (Å²) in [5.41, 5.74) is 0.0718. The second kappa shape index (κ2) is 5.98. The highest BCUT2D eigenvalue weighted by molar-refractivity contribution is 14.1. The van der Waals surface area contributed by atoms with Crippen molar-refractivity contribution in [2.24, 2.45) is 5.92 Å². The number of rotatable bonds is 4. The van der Waals surface area contributed by atoms with Gasteiger partial charge in [-0.1, -0.05) is 29.3 Å². The first-order valence-electron chi connectivity index (χ1n) is 4.88. The predicted molar refractivity (Wildman–Crippen MR) is 73.5 cm³/mol. The minimum Gasteiger partial charge on any atom is -0.296 e. The fraction of sp³-hybridized carbons (Fsp3) is 0.600. The summed E-state index contributed by atoms with van der Waals surface area (Å²) in [5.74, 6) is 1.28. The molecule has 0 aliphatic heterocycles. The van der Waals surface area contributed by atoms with Crippen LogP contribution >= 0.6 is 38.5 Å². The molecule has 1 unspecified atom stereocenters. The van der Waals surface area contributed by atoms with E-state index in [0.29, 0.717) is 9.49 Å². The van der Waals surface area contributed by atoms with Gasteiger partial charge in [0.25, 0.3) is 5.56 Å². The van der Waals surface area contributed by atoms with Crippen LogP contribution in [-0.4, -0.2) is 14.9 Å². The molecule has 0 fully saturated rings. The van der Waals surface area contributed by atoms with Crippen molar-refractivity contribution >= 4 is 38.5 Å². The van der Waals surface area contributed by atoms with Gasteiger partial charge in [0.2, 0.25) is 0 Å². The Morgan fingerprint density at radius 3 is 2.87 bits per heavy atom. The molecular formula is C10H14BrIN2O. The van der Waals surface area contributed by atoms with Gasteiger partial charge in [-0.25, -0.2) is 4.98 Å². The van der Waals surface area contributed by atoms with E-state index in [1.807, 2.05) is 29.5 Å². The molecule has 0 N–H and O–H groups in total. The number of halogens is 2. The second-order valence-electron chi connectivity index (χ2n) is 3.50. The van der Waals surface area contributed by atoms with Crippen LogP contribution < -0.4 is 5.56 Å². The van der Waals surface area contributed by atoms with Crippen molar-refractivity contribution in [3.05, 3.63) is 25.9 Å². The first-order chi connectivity index (χ1) is 7.10. The zero-order chi connectivity index (χ0) is 11.4. The fourth-order valence-electron chi connectivity index (χ4n) is 1.31. The van der Waals surface area contributed by atoms with Crippen LogP contribution in [0, 0.1) is 16.4 Å². The molecule has 1 rings (SSSR count). The average molecular weight is 385 g/mol. The third-order valence-corrected chi connectivity index (χ3v) is 4.10. The maximum atomic E-state index is 11.9. The Morgan fingerprint density at radius 1 is 1.67 bits per heavy atom. The molecule has 0 amide bonds. The lowest BCUT2D eigenvalue weighted by Gasteiger charge is -2.15. The molecule has 0 saturated heterocycles. The molecule has 5 heteroatoms. The van der Waals surface area contributed by atoms with Crippen LogP contribution in [0.15, 0.2) is 11.0 Å². The summed E-state index contributed by atoms with van der Waals surface area (Å²) in [7, 11) is 0. The van der Waals surface area contributed by atoms with Crippen molar-refractivity contribution < 1.29 is 0 Å². The predicted octanol–water partition coefficient (Wildman–Crippen LogP) is 2.58. The summed E-state index contributed by atoms with van der Waals surface area (Å²) in [5, 5.41) is 0.918. The van der Waals surface area contributed by atoms with Crippen LogP contribution in [0.3, 0.4) is 0 Å². The van der Waals surface area contributed by atoms with Gasteiger partial charge in [-0.05, 0) is 35.4 Å². The molecule has 0 radical (unpaired) electrons. The lowest BCUT2D eigenvalue weighted by atomic mass is 10.1. The fourth-order valence-corrected chi connectivity index (χ4v) is 2.40. The molecule has 3 nitrogen and oxygen atoms in total. The molecule has 0 bridgehead atoms. The first-order valence-corrected chi connectivity index (χ1v) is 7.08. The van der Waals surface area contributed by atoms with E-state index < -0.39 is 0 Å². The van der Waals surface area contributed by atoms with Gasteiger partial charge in [-0.2, -0.15) is 0 Å². The lowest BCUT2D eigenvalue weighted by molar-refractivity contribution is 0.456. The van der Waals surface area contributed by atoms with E-state index in [4.69, 9.17) is 0 Å². The third-order valence-electron chi connectivity index (χ3n) is 2.44. The minimum absolute atomic E-state index is 0.0718. The zero-order valence-electron chi connectivity index (χ0n) is 8.83. The Bertz CT molecular complexity index is 387. The van der Waals surface area contributed by atoms with E-state index in [1.165, 1.54) is 0 Å². The molecule has 1 atom stereocenters. The molecule has 1 aromatic heterocycles. The molecule has 0 aliphatic carbocycles.